The van der Waals surface area contributed by atoms with Crippen molar-refractivity contribution in [2.75, 3.05) is 19.6 Å². The van der Waals surface area contributed by atoms with Gasteiger partial charge in [0.1, 0.15) is 5.75 Å². The van der Waals surface area contributed by atoms with Crippen molar-refractivity contribution in [3.05, 3.63) is 29.8 Å². The van der Waals surface area contributed by atoms with Crippen molar-refractivity contribution in [3.8, 4) is 5.75 Å². The van der Waals surface area contributed by atoms with Crippen LogP contribution in [0, 0.1) is 5.92 Å². The summed E-state index contributed by atoms with van der Waals surface area (Å²) >= 11 is 0. The first-order chi connectivity index (χ1) is 10.2. The highest BCUT2D eigenvalue weighted by atomic mass is 16.3. The lowest BCUT2D eigenvalue weighted by atomic mass is 9.89. The maximum absolute atomic E-state index is 12.5. The van der Waals surface area contributed by atoms with E-state index in [0.29, 0.717) is 18.4 Å². The fraction of sp³-hybridized carbons (Fsp3) is 0.588. The van der Waals surface area contributed by atoms with Gasteiger partial charge in [-0.1, -0.05) is 12.1 Å². The molecule has 2 aliphatic heterocycles. The molecule has 0 saturated carbocycles. The number of piperidine rings is 1. The number of nitrogens with zero attached hydrogens (tertiary/aromatic N) is 1. The van der Waals surface area contributed by atoms with Crippen LogP contribution in [-0.2, 0) is 11.2 Å². The molecule has 1 aromatic rings. The molecular weight excluding hydrogens is 264 g/mol. The maximum Gasteiger partial charge on any atom is 0.227 e. The summed E-state index contributed by atoms with van der Waals surface area (Å²) in [5.74, 6) is 1.02. The third-order valence-corrected chi connectivity index (χ3v) is 4.74. The van der Waals surface area contributed by atoms with Crippen LogP contribution in [0.25, 0.3) is 0 Å². The van der Waals surface area contributed by atoms with E-state index in [-0.39, 0.29) is 11.7 Å². The van der Waals surface area contributed by atoms with E-state index in [2.05, 4.69) is 5.32 Å². The van der Waals surface area contributed by atoms with E-state index in [1.165, 1.54) is 19.3 Å². The molecule has 2 N–H and O–H groups in total. The van der Waals surface area contributed by atoms with Gasteiger partial charge in [0.25, 0.3) is 0 Å². The number of hydrogen-bond donors (Lipinski definition) is 2. The molecule has 2 saturated heterocycles. The summed E-state index contributed by atoms with van der Waals surface area (Å²) in [5, 5.41) is 13.1. The number of benzene rings is 1. The highest BCUT2D eigenvalue weighted by Gasteiger charge is 2.30. The monoisotopic (exact) mass is 288 g/mol. The largest absolute Gasteiger partial charge is 0.508 e. The van der Waals surface area contributed by atoms with Gasteiger partial charge in [0.15, 0.2) is 0 Å². The topological polar surface area (TPSA) is 52.6 Å². The fourth-order valence-electron chi connectivity index (χ4n) is 3.63. The molecule has 2 aliphatic rings. The quantitative estimate of drug-likeness (QED) is 0.893. The molecule has 0 aliphatic carbocycles. The molecular formula is C17H24N2O2. The number of aromatic hydroxyl groups is 1. The molecule has 2 unspecified atom stereocenters. The standard InChI is InChI=1S/C17H24N2O2/c20-15-6-1-4-13(10-15)11-17(21)19-9-3-5-14(12-19)16-7-2-8-18-16/h1,4,6,10,14,16,18,20H,2-3,5,7-9,11-12H2. The Bertz CT molecular complexity index is 497. The summed E-state index contributed by atoms with van der Waals surface area (Å²) in [6.07, 6.45) is 5.24. The highest BCUT2D eigenvalue weighted by Crippen LogP contribution is 2.25. The van der Waals surface area contributed by atoms with Crippen LogP contribution in [-0.4, -0.2) is 41.6 Å². The van der Waals surface area contributed by atoms with Crippen LogP contribution < -0.4 is 5.32 Å². The summed E-state index contributed by atoms with van der Waals surface area (Å²) in [4.78, 5) is 14.5. The van der Waals surface area contributed by atoms with Gasteiger partial charge in [0, 0.05) is 19.1 Å². The highest BCUT2D eigenvalue weighted by molar-refractivity contribution is 5.79. The molecule has 2 fully saturated rings. The van der Waals surface area contributed by atoms with Crippen LogP contribution in [0.4, 0.5) is 0 Å². The predicted octanol–water partition coefficient (Wildman–Crippen LogP) is 1.93. The van der Waals surface area contributed by atoms with Crippen molar-refractivity contribution in [1.29, 1.82) is 0 Å². The van der Waals surface area contributed by atoms with Crippen molar-refractivity contribution in [1.82, 2.24) is 10.2 Å². The maximum atomic E-state index is 12.5. The molecule has 114 valence electrons. The Hall–Kier alpha value is -1.55. The Morgan fingerprint density at radius 2 is 2.24 bits per heavy atom. The molecule has 0 aromatic heterocycles. The smallest absolute Gasteiger partial charge is 0.227 e. The van der Waals surface area contributed by atoms with Crippen LogP contribution in [0.1, 0.15) is 31.2 Å². The number of hydrogen-bond acceptors (Lipinski definition) is 3. The molecule has 0 bridgehead atoms. The van der Waals surface area contributed by atoms with E-state index in [9.17, 15) is 9.90 Å². The SMILES string of the molecule is O=C(Cc1cccc(O)c1)N1CCCC(C2CCCN2)C1. The second kappa shape index (κ2) is 6.48. The van der Waals surface area contributed by atoms with Gasteiger partial charge < -0.3 is 15.3 Å². The summed E-state index contributed by atoms with van der Waals surface area (Å²) in [6.45, 7) is 2.88. The van der Waals surface area contributed by atoms with Gasteiger partial charge in [-0.25, -0.2) is 0 Å². The molecule has 1 amide bonds. The third-order valence-electron chi connectivity index (χ3n) is 4.74. The Balaban J connectivity index is 1.59. The summed E-state index contributed by atoms with van der Waals surface area (Å²) in [7, 11) is 0. The van der Waals surface area contributed by atoms with E-state index >= 15 is 0 Å². The summed E-state index contributed by atoms with van der Waals surface area (Å²) in [5.41, 5.74) is 0.890. The minimum absolute atomic E-state index is 0.184. The van der Waals surface area contributed by atoms with E-state index in [0.717, 1.165) is 31.6 Å². The van der Waals surface area contributed by atoms with Gasteiger partial charge in [0.05, 0.1) is 6.42 Å². The van der Waals surface area contributed by atoms with E-state index in [1.807, 2.05) is 11.0 Å². The van der Waals surface area contributed by atoms with Gasteiger partial charge >= 0.3 is 0 Å². The van der Waals surface area contributed by atoms with Crippen molar-refractivity contribution >= 4 is 5.91 Å². The van der Waals surface area contributed by atoms with Crippen molar-refractivity contribution in [2.24, 2.45) is 5.92 Å². The lowest BCUT2D eigenvalue weighted by molar-refractivity contribution is -0.132. The average Bonchev–Trinajstić information content (AvgIpc) is 3.02. The second-order valence-electron chi connectivity index (χ2n) is 6.29. The summed E-state index contributed by atoms with van der Waals surface area (Å²) in [6, 6.07) is 7.60. The van der Waals surface area contributed by atoms with Crippen molar-refractivity contribution in [3.63, 3.8) is 0 Å². The molecule has 21 heavy (non-hydrogen) atoms. The first kappa shape index (κ1) is 14.4. The first-order valence-corrected chi connectivity index (χ1v) is 8.01. The first-order valence-electron chi connectivity index (χ1n) is 8.01. The average molecular weight is 288 g/mol. The number of carbonyl (C=O) groups excluding carboxylic acids is 1. The molecule has 2 atom stereocenters. The number of likely N-dealkylation sites (tertiary alicyclic amines) is 1. The molecule has 4 nitrogen and oxygen atoms in total. The van der Waals surface area contributed by atoms with E-state index in [4.69, 9.17) is 0 Å². The van der Waals surface area contributed by atoms with Gasteiger partial charge in [-0.05, 0) is 55.8 Å². The zero-order chi connectivity index (χ0) is 14.7. The van der Waals surface area contributed by atoms with E-state index in [1.54, 1.807) is 18.2 Å². The lowest BCUT2D eigenvalue weighted by Gasteiger charge is -2.36. The number of phenols is 1. The van der Waals surface area contributed by atoms with Crippen molar-refractivity contribution < 1.29 is 9.90 Å². The van der Waals surface area contributed by atoms with Crippen LogP contribution >= 0.6 is 0 Å². The minimum atomic E-state index is 0.184. The number of carbonyl (C=O) groups is 1. The number of nitrogens with one attached hydrogen (secondary N) is 1. The Labute approximate surface area is 126 Å². The number of phenolic OH excluding ortho intramolecular Hbond substituents is 1. The second-order valence-corrected chi connectivity index (χ2v) is 6.29. The molecule has 2 heterocycles. The zero-order valence-corrected chi connectivity index (χ0v) is 12.4. The Kier molecular flexibility index (Phi) is 4.44. The number of rotatable bonds is 3. The lowest BCUT2D eigenvalue weighted by Crippen LogP contribution is -2.46. The number of amides is 1. The third kappa shape index (κ3) is 3.56. The van der Waals surface area contributed by atoms with Gasteiger partial charge in [0.2, 0.25) is 5.91 Å². The van der Waals surface area contributed by atoms with Crippen LogP contribution in [0.15, 0.2) is 24.3 Å². The fourth-order valence-corrected chi connectivity index (χ4v) is 3.63. The van der Waals surface area contributed by atoms with Crippen LogP contribution in [0.3, 0.4) is 0 Å². The Morgan fingerprint density at radius 3 is 3.00 bits per heavy atom. The molecule has 0 spiro atoms. The predicted molar refractivity (Wildman–Crippen MR) is 82.1 cm³/mol. The summed E-state index contributed by atoms with van der Waals surface area (Å²) < 4.78 is 0. The van der Waals surface area contributed by atoms with E-state index < -0.39 is 0 Å². The van der Waals surface area contributed by atoms with Gasteiger partial charge in [-0.15, -0.1) is 0 Å². The van der Waals surface area contributed by atoms with Gasteiger partial charge in [-0.2, -0.15) is 0 Å². The zero-order valence-electron chi connectivity index (χ0n) is 12.4. The van der Waals surface area contributed by atoms with Gasteiger partial charge in [-0.3, -0.25) is 4.79 Å². The minimum Gasteiger partial charge on any atom is -0.508 e. The Morgan fingerprint density at radius 1 is 1.33 bits per heavy atom. The molecule has 4 heteroatoms. The van der Waals surface area contributed by atoms with Crippen molar-refractivity contribution in [2.45, 2.75) is 38.1 Å². The molecule has 1 aromatic carbocycles. The molecule has 3 rings (SSSR count). The normalized spacial score (nSPS) is 26.0. The van der Waals surface area contributed by atoms with Crippen LogP contribution in [0.5, 0.6) is 5.75 Å². The molecule has 0 radical (unpaired) electrons. The van der Waals surface area contributed by atoms with Crippen LogP contribution in [0.2, 0.25) is 0 Å².